The van der Waals surface area contributed by atoms with Crippen LogP contribution in [0.3, 0.4) is 0 Å². The van der Waals surface area contributed by atoms with Crippen molar-refractivity contribution in [2.75, 3.05) is 13.2 Å². The zero-order valence-electron chi connectivity index (χ0n) is 19.7. The van der Waals surface area contributed by atoms with Crippen molar-refractivity contribution in [3.8, 4) is 0 Å². The summed E-state index contributed by atoms with van der Waals surface area (Å²) in [5, 5.41) is 2.47. The van der Waals surface area contributed by atoms with Gasteiger partial charge in [0.2, 0.25) is 0 Å². The second-order valence-electron chi connectivity index (χ2n) is 7.27. The summed E-state index contributed by atoms with van der Waals surface area (Å²) >= 11 is 4.35. The van der Waals surface area contributed by atoms with Crippen LogP contribution in [-0.2, 0) is 11.2 Å². The normalized spacial score (nSPS) is 9.74. The maximum absolute atomic E-state index is 4.61. The topological polar surface area (TPSA) is 9.23 Å². The fourth-order valence-corrected chi connectivity index (χ4v) is 3.50. The summed E-state index contributed by atoms with van der Waals surface area (Å²) in [6.45, 7) is 16.1. The zero-order valence-corrected chi connectivity index (χ0v) is 23.7. The van der Waals surface area contributed by atoms with Gasteiger partial charge in [-0.15, -0.1) is 12.6 Å². The summed E-state index contributed by atoms with van der Waals surface area (Å²) in [5.74, 6) is 0. The number of hydrogen-bond acceptors (Lipinski definition) is 2. The number of ether oxygens (including phenoxy) is 1. The fraction of sp³-hybridized carbons (Fsp3) is 0.321. The molecule has 3 aromatic carbocycles. The van der Waals surface area contributed by atoms with E-state index in [2.05, 4.69) is 88.4 Å². The quantitative estimate of drug-likeness (QED) is 0.225. The molecule has 0 amide bonds. The molecule has 0 spiro atoms. The first-order chi connectivity index (χ1) is 14.5. The predicted octanol–water partition coefficient (Wildman–Crippen LogP) is 5.04. The third-order valence-electron chi connectivity index (χ3n) is 4.55. The van der Waals surface area contributed by atoms with Gasteiger partial charge in [0.1, 0.15) is 0 Å². The smallest absolute Gasteiger partial charge is 0.445 e. The Morgan fingerprint density at radius 1 is 0.774 bits per heavy atom. The van der Waals surface area contributed by atoms with E-state index in [1.807, 2.05) is 24.3 Å². The first-order valence-electron chi connectivity index (χ1n) is 10.7. The molecule has 1 nitrogen and oxygen atoms in total. The van der Waals surface area contributed by atoms with Gasteiger partial charge in [-0.2, -0.15) is 6.42 Å². The Morgan fingerprint density at radius 2 is 1.39 bits per heavy atom. The standard InChI is InChI=1S/C14H21.C10H8S.C4H8O.K/c1-4-5-6-7-8-14-10-12(2)9-13(3)11-14;11-10-7-3-5-8-4-1-2-6-9(8)10;1-3-5-4-2;/h9-11H,1,4-8H2,2-3H3;1-7,11H;1-4H2;/q-1;;-2;+1. The van der Waals surface area contributed by atoms with Gasteiger partial charge in [-0.05, 0) is 49.1 Å². The van der Waals surface area contributed by atoms with Crippen LogP contribution in [0.15, 0.2) is 65.6 Å². The molecule has 0 saturated carbocycles. The van der Waals surface area contributed by atoms with Gasteiger partial charge >= 0.3 is 51.4 Å². The summed E-state index contributed by atoms with van der Waals surface area (Å²) in [4.78, 5) is 1.04. The van der Waals surface area contributed by atoms with E-state index >= 15 is 0 Å². The average molecular weight is 461 g/mol. The molecule has 31 heavy (non-hydrogen) atoms. The number of fused-ring (bicyclic) bond motifs is 1. The molecule has 0 aliphatic carbocycles. The summed E-state index contributed by atoms with van der Waals surface area (Å²) in [7, 11) is 0. The van der Waals surface area contributed by atoms with Crippen LogP contribution in [0.4, 0.5) is 0 Å². The van der Waals surface area contributed by atoms with E-state index in [0.29, 0.717) is 13.2 Å². The maximum atomic E-state index is 4.61. The van der Waals surface area contributed by atoms with Crippen molar-refractivity contribution >= 4 is 23.4 Å². The van der Waals surface area contributed by atoms with E-state index in [-0.39, 0.29) is 51.4 Å². The Morgan fingerprint density at radius 3 is 1.94 bits per heavy atom. The van der Waals surface area contributed by atoms with Crippen molar-refractivity contribution in [1.82, 2.24) is 0 Å². The Kier molecular flexibility index (Phi) is 19.3. The monoisotopic (exact) mass is 460 g/mol. The third kappa shape index (κ3) is 13.9. The Balaban J connectivity index is 0.000000473. The molecule has 0 heterocycles. The van der Waals surface area contributed by atoms with Gasteiger partial charge in [0.15, 0.2) is 0 Å². The van der Waals surface area contributed by atoms with Crippen LogP contribution < -0.4 is 51.4 Å². The Hall–Kier alpha value is -0.134. The Bertz CT molecular complexity index is 820. The third-order valence-corrected chi connectivity index (χ3v) is 4.94. The van der Waals surface area contributed by atoms with Crippen molar-refractivity contribution < 1.29 is 56.1 Å². The molecule has 0 fully saturated rings. The van der Waals surface area contributed by atoms with E-state index in [4.69, 9.17) is 0 Å². The molecular weight excluding hydrogens is 423 g/mol. The molecular formula is C28H37KOS-2. The molecule has 0 aromatic heterocycles. The number of rotatable bonds is 7. The van der Waals surface area contributed by atoms with E-state index in [9.17, 15) is 0 Å². The molecule has 3 aromatic rings. The average Bonchev–Trinajstić information content (AvgIpc) is 2.73. The van der Waals surface area contributed by atoms with Gasteiger partial charge in [0.05, 0.1) is 0 Å². The largest absolute Gasteiger partial charge is 1.00 e. The number of benzene rings is 3. The minimum absolute atomic E-state index is 0. The van der Waals surface area contributed by atoms with Crippen LogP contribution in [0.2, 0.25) is 0 Å². The van der Waals surface area contributed by atoms with Crippen molar-refractivity contribution in [3.05, 3.63) is 98.1 Å². The van der Waals surface area contributed by atoms with Crippen LogP contribution in [0.25, 0.3) is 10.8 Å². The minimum atomic E-state index is 0. The first-order valence-corrected chi connectivity index (χ1v) is 11.2. The predicted molar refractivity (Wildman–Crippen MR) is 136 cm³/mol. The van der Waals surface area contributed by atoms with Crippen LogP contribution in [0.1, 0.15) is 42.4 Å². The van der Waals surface area contributed by atoms with Crippen molar-refractivity contribution in [2.45, 2.75) is 50.8 Å². The van der Waals surface area contributed by atoms with Crippen molar-refractivity contribution in [1.29, 1.82) is 0 Å². The molecule has 0 unspecified atom stereocenters. The van der Waals surface area contributed by atoms with Crippen LogP contribution in [0, 0.1) is 34.6 Å². The van der Waals surface area contributed by atoms with E-state index in [1.165, 1.54) is 53.1 Å². The molecule has 3 heteroatoms. The van der Waals surface area contributed by atoms with Gasteiger partial charge < -0.3 is 25.5 Å². The summed E-state index contributed by atoms with van der Waals surface area (Å²) in [6.07, 6.45) is 6.19. The van der Waals surface area contributed by atoms with Gasteiger partial charge in [0, 0.05) is 4.90 Å². The molecule has 0 radical (unpaired) electrons. The van der Waals surface area contributed by atoms with E-state index in [1.54, 1.807) is 0 Å². The summed E-state index contributed by atoms with van der Waals surface area (Å²) in [6, 6.07) is 21.2. The van der Waals surface area contributed by atoms with Gasteiger partial charge in [0.25, 0.3) is 0 Å². The van der Waals surface area contributed by atoms with Gasteiger partial charge in [-0.1, -0.05) is 91.8 Å². The molecule has 0 bridgehead atoms. The number of aryl methyl sites for hydroxylation is 3. The van der Waals surface area contributed by atoms with Crippen molar-refractivity contribution in [3.63, 3.8) is 0 Å². The molecule has 0 N–H and O–H groups in total. The maximum Gasteiger partial charge on any atom is 1.00 e. The summed E-state index contributed by atoms with van der Waals surface area (Å²) in [5.41, 5.74) is 4.26. The van der Waals surface area contributed by atoms with E-state index in [0.717, 1.165) is 11.3 Å². The van der Waals surface area contributed by atoms with Crippen molar-refractivity contribution in [2.24, 2.45) is 0 Å². The number of hydrogen-bond donors (Lipinski definition) is 1. The second-order valence-corrected chi connectivity index (χ2v) is 7.75. The fourth-order valence-electron chi connectivity index (χ4n) is 3.21. The van der Waals surface area contributed by atoms with E-state index < -0.39 is 0 Å². The van der Waals surface area contributed by atoms with Gasteiger partial charge in [-0.25, -0.2) is 0 Å². The van der Waals surface area contributed by atoms with Gasteiger partial charge in [-0.3, -0.25) is 0 Å². The minimum Gasteiger partial charge on any atom is -0.445 e. The summed E-state index contributed by atoms with van der Waals surface area (Å²) < 4.78 is 4.61. The molecule has 0 saturated heterocycles. The van der Waals surface area contributed by atoms with Crippen LogP contribution in [-0.4, -0.2) is 13.2 Å². The molecule has 0 aliphatic heterocycles. The van der Waals surface area contributed by atoms with Crippen LogP contribution in [0.5, 0.6) is 0 Å². The molecule has 3 rings (SSSR count). The number of thiol groups is 1. The molecule has 164 valence electrons. The first kappa shape index (κ1) is 30.9. The number of unbranched alkanes of at least 4 members (excludes halogenated alkanes) is 3. The molecule has 0 atom stereocenters. The Labute approximate surface area is 239 Å². The molecule has 0 aliphatic rings. The van der Waals surface area contributed by atoms with Crippen LogP contribution >= 0.6 is 12.6 Å². The second kappa shape index (κ2) is 19.3. The SMILES string of the molecule is Sc1cccc2ccccc12.[CH2-]CCCCCc1cc(C)cc(C)c1.[CH2-]COC[CH2-].[K+]. The zero-order chi connectivity index (χ0) is 22.2.